The van der Waals surface area contributed by atoms with E-state index < -0.39 is 17.6 Å². The molecule has 0 atom stereocenters. The highest BCUT2D eigenvalue weighted by molar-refractivity contribution is 6.08. The van der Waals surface area contributed by atoms with Crippen LogP contribution in [0.2, 0.25) is 0 Å². The van der Waals surface area contributed by atoms with Gasteiger partial charge in [-0.15, -0.1) is 0 Å². The SMILES string of the molecule is CC(C)CCn1nc(NC(=O)c2ccccc2)c2cccc(C(F)(F)F)c21. The first kappa shape index (κ1) is 18.9. The van der Waals surface area contributed by atoms with Crippen molar-refractivity contribution in [1.29, 1.82) is 0 Å². The van der Waals surface area contributed by atoms with E-state index in [1.54, 1.807) is 36.4 Å². The Balaban J connectivity index is 2.06. The molecule has 3 rings (SSSR count). The maximum atomic E-state index is 13.5. The van der Waals surface area contributed by atoms with Crippen LogP contribution in [0.3, 0.4) is 0 Å². The predicted octanol–water partition coefficient (Wildman–Crippen LogP) is 5.35. The Morgan fingerprint density at radius 1 is 1.11 bits per heavy atom. The number of amides is 1. The summed E-state index contributed by atoms with van der Waals surface area (Å²) in [6, 6.07) is 12.4. The molecule has 1 aromatic heterocycles. The van der Waals surface area contributed by atoms with Crippen molar-refractivity contribution in [2.75, 3.05) is 5.32 Å². The molecule has 0 aliphatic carbocycles. The minimum atomic E-state index is -4.50. The normalized spacial score (nSPS) is 11.9. The Kier molecular flexibility index (Phi) is 5.21. The number of para-hydroxylation sites is 1. The molecule has 0 saturated carbocycles. The van der Waals surface area contributed by atoms with Crippen LogP contribution < -0.4 is 5.32 Å². The lowest BCUT2D eigenvalue weighted by atomic mass is 10.1. The highest BCUT2D eigenvalue weighted by Gasteiger charge is 2.35. The van der Waals surface area contributed by atoms with Gasteiger partial charge in [-0.3, -0.25) is 9.48 Å². The van der Waals surface area contributed by atoms with Crippen molar-refractivity contribution in [2.24, 2.45) is 5.92 Å². The molecule has 0 saturated heterocycles. The topological polar surface area (TPSA) is 46.9 Å². The van der Waals surface area contributed by atoms with Crippen LogP contribution in [0.4, 0.5) is 19.0 Å². The molecule has 27 heavy (non-hydrogen) atoms. The number of aromatic nitrogens is 2. The monoisotopic (exact) mass is 375 g/mol. The average Bonchev–Trinajstić information content (AvgIpc) is 2.97. The van der Waals surface area contributed by atoms with Gasteiger partial charge in [-0.1, -0.05) is 38.1 Å². The lowest BCUT2D eigenvalue weighted by Crippen LogP contribution is -2.13. The molecule has 1 amide bonds. The van der Waals surface area contributed by atoms with Crippen LogP contribution in [0.1, 0.15) is 36.2 Å². The van der Waals surface area contributed by atoms with E-state index in [0.29, 0.717) is 24.4 Å². The highest BCUT2D eigenvalue weighted by atomic mass is 19.4. The van der Waals surface area contributed by atoms with Crippen molar-refractivity contribution in [3.63, 3.8) is 0 Å². The van der Waals surface area contributed by atoms with Crippen LogP contribution in [0, 0.1) is 5.92 Å². The smallest absolute Gasteiger partial charge is 0.305 e. The number of hydrogen-bond donors (Lipinski definition) is 1. The van der Waals surface area contributed by atoms with Gasteiger partial charge in [0, 0.05) is 17.5 Å². The fourth-order valence-corrected chi connectivity index (χ4v) is 2.87. The van der Waals surface area contributed by atoms with E-state index in [0.717, 1.165) is 6.07 Å². The molecule has 1 heterocycles. The number of nitrogens with zero attached hydrogens (tertiary/aromatic N) is 2. The summed E-state index contributed by atoms with van der Waals surface area (Å²) in [6.45, 7) is 4.32. The van der Waals surface area contributed by atoms with Crippen LogP contribution >= 0.6 is 0 Å². The number of rotatable bonds is 5. The Hall–Kier alpha value is -2.83. The zero-order chi connectivity index (χ0) is 19.6. The van der Waals surface area contributed by atoms with Gasteiger partial charge in [-0.2, -0.15) is 18.3 Å². The predicted molar refractivity (Wildman–Crippen MR) is 98.6 cm³/mol. The molecule has 4 nitrogen and oxygen atoms in total. The second-order valence-corrected chi connectivity index (χ2v) is 6.77. The lowest BCUT2D eigenvalue weighted by molar-refractivity contribution is -0.136. The molecule has 0 aliphatic rings. The molecule has 142 valence electrons. The van der Waals surface area contributed by atoms with Gasteiger partial charge in [0.05, 0.1) is 11.1 Å². The molecule has 1 N–H and O–H groups in total. The van der Waals surface area contributed by atoms with Gasteiger partial charge in [0.1, 0.15) is 0 Å². The second-order valence-electron chi connectivity index (χ2n) is 6.77. The third-order valence-corrected chi connectivity index (χ3v) is 4.26. The summed E-state index contributed by atoms with van der Waals surface area (Å²) >= 11 is 0. The third-order valence-electron chi connectivity index (χ3n) is 4.26. The summed E-state index contributed by atoms with van der Waals surface area (Å²) in [6.07, 6.45) is -3.83. The number of alkyl halides is 3. The number of carbonyl (C=O) groups excluding carboxylic acids is 1. The second kappa shape index (κ2) is 7.42. The molecule has 3 aromatic rings. The van der Waals surface area contributed by atoms with Crippen LogP contribution in [0.25, 0.3) is 10.9 Å². The van der Waals surface area contributed by atoms with Gasteiger partial charge in [0.25, 0.3) is 5.91 Å². The minimum absolute atomic E-state index is 0.00554. The molecule has 0 spiro atoms. The molecule has 0 unspecified atom stereocenters. The molecule has 0 fully saturated rings. The summed E-state index contributed by atoms with van der Waals surface area (Å²) in [4.78, 5) is 12.4. The summed E-state index contributed by atoms with van der Waals surface area (Å²) in [7, 11) is 0. The molecule has 2 aromatic carbocycles. The number of aryl methyl sites for hydroxylation is 1. The maximum Gasteiger partial charge on any atom is 0.418 e. The van der Waals surface area contributed by atoms with Crippen LogP contribution in [-0.2, 0) is 12.7 Å². The molecular weight excluding hydrogens is 355 g/mol. The first-order chi connectivity index (χ1) is 12.8. The van der Waals surface area contributed by atoms with Gasteiger partial charge in [-0.25, -0.2) is 0 Å². The van der Waals surface area contributed by atoms with E-state index in [1.165, 1.54) is 10.7 Å². The summed E-state index contributed by atoms with van der Waals surface area (Å²) in [5.41, 5.74) is -0.347. The molecule has 0 radical (unpaired) electrons. The van der Waals surface area contributed by atoms with Crippen molar-refractivity contribution < 1.29 is 18.0 Å². The molecule has 0 bridgehead atoms. The number of anilines is 1. The van der Waals surface area contributed by atoms with E-state index >= 15 is 0 Å². The van der Waals surface area contributed by atoms with E-state index in [9.17, 15) is 18.0 Å². The largest absolute Gasteiger partial charge is 0.418 e. The summed E-state index contributed by atoms with van der Waals surface area (Å²) < 4.78 is 41.9. The van der Waals surface area contributed by atoms with E-state index in [1.807, 2.05) is 13.8 Å². The number of halogens is 3. The van der Waals surface area contributed by atoms with Gasteiger partial charge < -0.3 is 5.32 Å². The fourth-order valence-electron chi connectivity index (χ4n) is 2.87. The standard InChI is InChI=1S/C20H20F3N3O/c1-13(2)11-12-26-17-15(9-6-10-16(17)20(21,22)23)18(25-26)24-19(27)14-7-4-3-5-8-14/h3-10,13H,11-12H2,1-2H3,(H,24,25,27). The Labute approximate surface area is 155 Å². The van der Waals surface area contributed by atoms with Crippen molar-refractivity contribution in [3.8, 4) is 0 Å². The van der Waals surface area contributed by atoms with Crippen molar-refractivity contribution in [1.82, 2.24) is 9.78 Å². The van der Waals surface area contributed by atoms with Crippen LogP contribution in [-0.4, -0.2) is 15.7 Å². The van der Waals surface area contributed by atoms with E-state index in [-0.39, 0.29) is 16.7 Å². The third kappa shape index (κ3) is 4.13. The number of nitrogens with one attached hydrogen (secondary N) is 1. The fraction of sp³-hybridized carbons (Fsp3) is 0.300. The summed E-state index contributed by atoms with van der Waals surface area (Å²) in [5.74, 6) is 0.0294. The maximum absolute atomic E-state index is 13.5. The number of carbonyl (C=O) groups is 1. The molecule has 7 heteroatoms. The first-order valence-electron chi connectivity index (χ1n) is 8.70. The number of fused-ring (bicyclic) bond motifs is 1. The Morgan fingerprint density at radius 2 is 1.81 bits per heavy atom. The van der Waals surface area contributed by atoms with Crippen molar-refractivity contribution in [2.45, 2.75) is 33.0 Å². The lowest BCUT2D eigenvalue weighted by Gasteiger charge is -2.11. The zero-order valence-electron chi connectivity index (χ0n) is 15.0. The van der Waals surface area contributed by atoms with Crippen molar-refractivity contribution in [3.05, 3.63) is 59.7 Å². The number of hydrogen-bond acceptors (Lipinski definition) is 2. The Bertz CT molecular complexity index is 946. The van der Waals surface area contributed by atoms with E-state index in [2.05, 4.69) is 10.4 Å². The van der Waals surface area contributed by atoms with Gasteiger partial charge in [-0.05, 0) is 36.6 Å². The minimum Gasteiger partial charge on any atom is -0.305 e. The van der Waals surface area contributed by atoms with E-state index in [4.69, 9.17) is 0 Å². The molecular formula is C20H20F3N3O. The van der Waals surface area contributed by atoms with Gasteiger partial charge >= 0.3 is 6.18 Å². The molecule has 0 aliphatic heterocycles. The van der Waals surface area contributed by atoms with Gasteiger partial charge in [0.15, 0.2) is 5.82 Å². The quantitative estimate of drug-likeness (QED) is 0.653. The number of benzene rings is 2. The summed E-state index contributed by atoms with van der Waals surface area (Å²) in [5, 5.41) is 7.21. The highest BCUT2D eigenvalue weighted by Crippen LogP contribution is 2.37. The Morgan fingerprint density at radius 3 is 2.44 bits per heavy atom. The van der Waals surface area contributed by atoms with Crippen molar-refractivity contribution >= 4 is 22.6 Å². The van der Waals surface area contributed by atoms with Crippen LogP contribution in [0.5, 0.6) is 0 Å². The first-order valence-corrected chi connectivity index (χ1v) is 8.70. The van der Waals surface area contributed by atoms with Crippen LogP contribution in [0.15, 0.2) is 48.5 Å². The zero-order valence-corrected chi connectivity index (χ0v) is 15.0. The van der Waals surface area contributed by atoms with Gasteiger partial charge in [0.2, 0.25) is 0 Å². The average molecular weight is 375 g/mol.